The summed E-state index contributed by atoms with van der Waals surface area (Å²) in [5.41, 5.74) is 6.07. The topological polar surface area (TPSA) is 88.3 Å². The number of aromatic nitrogens is 1. The van der Waals surface area contributed by atoms with E-state index in [0.717, 1.165) is 0 Å². The van der Waals surface area contributed by atoms with E-state index in [1.165, 1.54) is 24.2 Å². The van der Waals surface area contributed by atoms with E-state index < -0.39 is 5.91 Å². The summed E-state index contributed by atoms with van der Waals surface area (Å²) in [6.45, 7) is 2.28. The standard InChI is InChI=1S/C11H15ClN4O2/c1-3-14-9(17)6-16(2)11(18)8-4-7(13)5-15-10(8)12/h4-5H,3,6,13H2,1-2H3,(H,14,17). The minimum absolute atomic E-state index is 0.0438. The first kappa shape index (κ1) is 14.2. The normalized spacial score (nSPS) is 9.94. The molecule has 0 spiro atoms. The molecule has 18 heavy (non-hydrogen) atoms. The molecule has 0 aliphatic rings. The number of carbonyl (C=O) groups excluding carboxylic acids is 2. The molecule has 0 radical (unpaired) electrons. The largest absolute Gasteiger partial charge is 0.397 e. The van der Waals surface area contributed by atoms with Crippen molar-refractivity contribution < 1.29 is 9.59 Å². The molecule has 0 unspecified atom stereocenters. The number of halogens is 1. The van der Waals surface area contributed by atoms with Gasteiger partial charge in [0, 0.05) is 13.6 Å². The van der Waals surface area contributed by atoms with E-state index in [-0.39, 0.29) is 23.2 Å². The molecule has 6 nitrogen and oxygen atoms in total. The predicted octanol–water partition coefficient (Wildman–Crippen LogP) is 0.525. The van der Waals surface area contributed by atoms with E-state index in [2.05, 4.69) is 10.3 Å². The number of nitrogens with two attached hydrogens (primary N) is 1. The molecular weight excluding hydrogens is 256 g/mol. The second-order valence-electron chi connectivity index (χ2n) is 3.72. The Kier molecular flexibility index (Phi) is 4.91. The van der Waals surface area contributed by atoms with Crippen LogP contribution >= 0.6 is 11.6 Å². The number of rotatable bonds is 4. The van der Waals surface area contributed by atoms with Gasteiger partial charge in [-0.15, -0.1) is 0 Å². The van der Waals surface area contributed by atoms with Gasteiger partial charge in [0.15, 0.2) is 0 Å². The van der Waals surface area contributed by atoms with Gasteiger partial charge in [-0.1, -0.05) is 11.6 Å². The molecule has 98 valence electrons. The van der Waals surface area contributed by atoms with Crippen LogP contribution in [-0.4, -0.2) is 41.8 Å². The van der Waals surface area contributed by atoms with Gasteiger partial charge in [0.1, 0.15) is 5.15 Å². The van der Waals surface area contributed by atoms with Crippen molar-refractivity contribution in [3.05, 3.63) is 23.0 Å². The first-order valence-corrected chi connectivity index (χ1v) is 5.76. The molecule has 1 heterocycles. The zero-order valence-electron chi connectivity index (χ0n) is 10.2. The van der Waals surface area contributed by atoms with Crippen molar-refractivity contribution in [3.8, 4) is 0 Å². The summed E-state index contributed by atoms with van der Waals surface area (Å²) in [6.07, 6.45) is 1.36. The molecule has 2 amide bonds. The Morgan fingerprint density at radius 1 is 1.56 bits per heavy atom. The number of carbonyl (C=O) groups is 2. The zero-order chi connectivity index (χ0) is 13.7. The van der Waals surface area contributed by atoms with Crippen LogP contribution in [-0.2, 0) is 4.79 Å². The first-order valence-electron chi connectivity index (χ1n) is 5.38. The molecule has 1 aromatic rings. The van der Waals surface area contributed by atoms with Gasteiger partial charge < -0.3 is 16.0 Å². The first-order chi connectivity index (χ1) is 8.45. The lowest BCUT2D eigenvalue weighted by atomic mass is 10.2. The van der Waals surface area contributed by atoms with Crippen LogP contribution < -0.4 is 11.1 Å². The van der Waals surface area contributed by atoms with E-state index >= 15 is 0 Å². The number of amides is 2. The average molecular weight is 271 g/mol. The van der Waals surface area contributed by atoms with Gasteiger partial charge in [-0.2, -0.15) is 0 Å². The Morgan fingerprint density at radius 2 is 2.22 bits per heavy atom. The second-order valence-corrected chi connectivity index (χ2v) is 4.08. The molecule has 7 heteroatoms. The Balaban J connectivity index is 2.80. The van der Waals surface area contributed by atoms with Crippen LogP contribution in [0.1, 0.15) is 17.3 Å². The third-order valence-corrected chi connectivity index (χ3v) is 2.49. The van der Waals surface area contributed by atoms with Crippen molar-refractivity contribution in [2.75, 3.05) is 25.9 Å². The van der Waals surface area contributed by atoms with Gasteiger partial charge in [-0.25, -0.2) is 4.98 Å². The fourth-order valence-electron chi connectivity index (χ4n) is 1.36. The molecule has 1 rings (SSSR count). The van der Waals surface area contributed by atoms with Crippen LogP contribution in [0, 0.1) is 0 Å². The summed E-state index contributed by atoms with van der Waals surface area (Å²) in [6, 6.07) is 1.44. The fraction of sp³-hybridized carbons (Fsp3) is 0.364. The highest BCUT2D eigenvalue weighted by Crippen LogP contribution is 2.17. The lowest BCUT2D eigenvalue weighted by Crippen LogP contribution is -2.38. The Bertz CT molecular complexity index is 464. The van der Waals surface area contributed by atoms with E-state index in [9.17, 15) is 9.59 Å². The van der Waals surface area contributed by atoms with Gasteiger partial charge in [-0.05, 0) is 13.0 Å². The van der Waals surface area contributed by atoms with Crippen molar-refractivity contribution in [3.63, 3.8) is 0 Å². The summed E-state index contributed by atoms with van der Waals surface area (Å²) in [4.78, 5) is 28.4. The van der Waals surface area contributed by atoms with Crippen LogP contribution in [0.3, 0.4) is 0 Å². The summed E-state index contributed by atoms with van der Waals surface area (Å²) in [5, 5.41) is 2.67. The number of hydrogen-bond donors (Lipinski definition) is 2. The number of anilines is 1. The number of nitrogen functional groups attached to an aromatic ring is 1. The molecule has 1 aromatic heterocycles. The molecule has 0 aromatic carbocycles. The Labute approximate surface area is 110 Å². The van der Waals surface area contributed by atoms with Crippen LogP contribution in [0.15, 0.2) is 12.3 Å². The van der Waals surface area contributed by atoms with E-state index in [4.69, 9.17) is 17.3 Å². The SMILES string of the molecule is CCNC(=O)CN(C)C(=O)c1cc(N)cnc1Cl. The van der Waals surface area contributed by atoms with E-state index in [0.29, 0.717) is 12.2 Å². The van der Waals surface area contributed by atoms with Gasteiger partial charge in [0.25, 0.3) is 5.91 Å². The number of likely N-dealkylation sites (N-methyl/N-ethyl adjacent to an activating group) is 2. The summed E-state index contributed by atoms with van der Waals surface area (Å²) in [7, 11) is 1.51. The minimum Gasteiger partial charge on any atom is -0.397 e. The minimum atomic E-state index is -0.397. The van der Waals surface area contributed by atoms with Gasteiger partial charge in [0.05, 0.1) is 24.0 Å². The zero-order valence-corrected chi connectivity index (χ0v) is 11.0. The van der Waals surface area contributed by atoms with Crippen molar-refractivity contribution in [1.29, 1.82) is 0 Å². The molecule has 0 fully saturated rings. The number of pyridine rings is 1. The molecule has 3 N–H and O–H groups in total. The summed E-state index contributed by atoms with van der Waals surface area (Å²) in [5.74, 6) is -0.632. The smallest absolute Gasteiger partial charge is 0.257 e. The molecule has 0 saturated carbocycles. The molecule has 0 atom stereocenters. The number of hydrogen-bond acceptors (Lipinski definition) is 4. The molecule has 0 aliphatic heterocycles. The van der Waals surface area contributed by atoms with Crippen LogP contribution in [0.4, 0.5) is 5.69 Å². The van der Waals surface area contributed by atoms with Gasteiger partial charge in [0.2, 0.25) is 5.91 Å². The molecule has 0 saturated heterocycles. The maximum Gasteiger partial charge on any atom is 0.257 e. The van der Waals surface area contributed by atoms with Gasteiger partial charge >= 0.3 is 0 Å². The molecule has 0 bridgehead atoms. The lowest BCUT2D eigenvalue weighted by Gasteiger charge is -2.17. The summed E-state index contributed by atoms with van der Waals surface area (Å²) >= 11 is 5.82. The monoisotopic (exact) mass is 270 g/mol. The van der Waals surface area contributed by atoms with Crippen LogP contribution in [0.25, 0.3) is 0 Å². The van der Waals surface area contributed by atoms with Crippen molar-refractivity contribution in [1.82, 2.24) is 15.2 Å². The van der Waals surface area contributed by atoms with Crippen LogP contribution in [0.5, 0.6) is 0 Å². The molecule has 0 aliphatic carbocycles. The van der Waals surface area contributed by atoms with Crippen molar-refractivity contribution in [2.24, 2.45) is 0 Å². The number of nitrogens with one attached hydrogen (secondary N) is 1. The van der Waals surface area contributed by atoms with E-state index in [1.54, 1.807) is 6.92 Å². The highest BCUT2D eigenvalue weighted by Gasteiger charge is 2.18. The third kappa shape index (κ3) is 3.59. The second kappa shape index (κ2) is 6.20. The maximum absolute atomic E-state index is 12.0. The molecular formula is C11H15ClN4O2. The average Bonchev–Trinajstić information content (AvgIpc) is 2.31. The van der Waals surface area contributed by atoms with Crippen molar-refractivity contribution in [2.45, 2.75) is 6.92 Å². The van der Waals surface area contributed by atoms with E-state index in [1.807, 2.05) is 0 Å². The Morgan fingerprint density at radius 3 is 2.83 bits per heavy atom. The highest BCUT2D eigenvalue weighted by atomic mass is 35.5. The van der Waals surface area contributed by atoms with Gasteiger partial charge in [-0.3, -0.25) is 9.59 Å². The Hall–Kier alpha value is -1.82. The highest BCUT2D eigenvalue weighted by molar-refractivity contribution is 6.32. The fourth-order valence-corrected chi connectivity index (χ4v) is 1.54. The van der Waals surface area contributed by atoms with Crippen LogP contribution in [0.2, 0.25) is 5.15 Å². The predicted molar refractivity (Wildman–Crippen MR) is 69.3 cm³/mol. The maximum atomic E-state index is 12.0. The number of nitrogens with zero attached hydrogens (tertiary/aromatic N) is 2. The quantitative estimate of drug-likeness (QED) is 0.781. The third-order valence-electron chi connectivity index (χ3n) is 2.19. The lowest BCUT2D eigenvalue weighted by molar-refractivity contribution is -0.121. The van der Waals surface area contributed by atoms with Crippen molar-refractivity contribution >= 4 is 29.1 Å². The summed E-state index contributed by atoms with van der Waals surface area (Å²) < 4.78 is 0.